The monoisotopic (exact) mass is 253 g/mol. The summed E-state index contributed by atoms with van der Waals surface area (Å²) in [6.07, 6.45) is -0.371. The van der Waals surface area contributed by atoms with Crippen molar-refractivity contribution in [3.8, 4) is 0 Å². The van der Waals surface area contributed by atoms with Crippen molar-refractivity contribution in [2.24, 2.45) is 5.92 Å². The predicted octanol–water partition coefficient (Wildman–Crippen LogP) is 2.17. The molecule has 2 N–H and O–H groups in total. The minimum absolute atomic E-state index is 0.0642. The lowest BCUT2D eigenvalue weighted by Crippen LogP contribution is -2.31. The molecule has 98 valence electrons. The first-order chi connectivity index (χ1) is 8.54. The van der Waals surface area contributed by atoms with Crippen molar-refractivity contribution in [3.63, 3.8) is 0 Å². The van der Waals surface area contributed by atoms with E-state index in [0.29, 0.717) is 18.5 Å². The van der Waals surface area contributed by atoms with Crippen LogP contribution in [-0.4, -0.2) is 34.4 Å². The number of hydrogen-bond acceptors (Lipinski definition) is 2. The van der Waals surface area contributed by atoms with Gasteiger partial charge in [0.15, 0.2) is 0 Å². The molecule has 0 aromatic heterocycles. The molecule has 2 atom stereocenters. The quantitative estimate of drug-likeness (QED) is 0.849. The summed E-state index contributed by atoms with van der Waals surface area (Å²) in [6, 6.07) is 3.95. The fourth-order valence-corrected chi connectivity index (χ4v) is 2.65. The summed E-state index contributed by atoms with van der Waals surface area (Å²) < 4.78 is 13.1. The number of likely N-dealkylation sites (tertiary alicyclic amines) is 1. The van der Waals surface area contributed by atoms with Crippen LogP contribution in [-0.2, 0) is 0 Å². The Kier molecular flexibility index (Phi) is 3.52. The fourth-order valence-electron chi connectivity index (χ4n) is 2.65. The molecule has 0 saturated carbocycles. The molecule has 1 aliphatic rings. The van der Waals surface area contributed by atoms with E-state index < -0.39 is 6.09 Å². The first-order valence-electron chi connectivity index (χ1n) is 5.91. The number of rotatable bonds is 2. The van der Waals surface area contributed by atoms with Gasteiger partial charge in [-0.15, -0.1) is 0 Å². The molecule has 1 aliphatic heterocycles. The molecular weight excluding hydrogens is 237 g/mol. The summed E-state index contributed by atoms with van der Waals surface area (Å²) in [7, 11) is 0. The molecule has 0 aliphatic carbocycles. The third kappa shape index (κ3) is 2.18. The molecule has 0 spiro atoms. The van der Waals surface area contributed by atoms with Crippen LogP contribution in [0.15, 0.2) is 18.2 Å². The van der Waals surface area contributed by atoms with Crippen molar-refractivity contribution in [2.75, 3.05) is 13.2 Å². The molecular formula is C13H16FNO3. The lowest BCUT2D eigenvalue weighted by atomic mass is 9.91. The van der Waals surface area contributed by atoms with Crippen molar-refractivity contribution in [1.29, 1.82) is 0 Å². The van der Waals surface area contributed by atoms with Gasteiger partial charge >= 0.3 is 6.09 Å². The largest absolute Gasteiger partial charge is 0.465 e. The maximum atomic E-state index is 13.1. The summed E-state index contributed by atoms with van der Waals surface area (Å²) in [4.78, 5) is 12.5. The molecule has 1 aromatic rings. The van der Waals surface area contributed by atoms with Gasteiger partial charge in [0.05, 0.1) is 6.04 Å². The normalized spacial score (nSPS) is 23.4. The zero-order chi connectivity index (χ0) is 13.3. The number of hydrogen-bond donors (Lipinski definition) is 2. The van der Waals surface area contributed by atoms with Crippen LogP contribution in [0.2, 0.25) is 0 Å². The Morgan fingerprint density at radius 2 is 2.28 bits per heavy atom. The van der Waals surface area contributed by atoms with Gasteiger partial charge in [0.25, 0.3) is 0 Å². The van der Waals surface area contributed by atoms with Gasteiger partial charge < -0.3 is 15.1 Å². The highest BCUT2D eigenvalue weighted by atomic mass is 19.1. The Hall–Kier alpha value is -1.62. The van der Waals surface area contributed by atoms with Crippen LogP contribution in [0.1, 0.15) is 23.6 Å². The summed E-state index contributed by atoms with van der Waals surface area (Å²) in [5.41, 5.74) is 1.49. The smallest absolute Gasteiger partial charge is 0.407 e. The van der Waals surface area contributed by atoms with Crippen LogP contribution in [0, 0.1) is 18.7 Å². The second kappa shape index (κ2) is 4.94. The maximum absolute atomic E-state index is 13.1. The number of benzene rings is 1. The molecule has 0 bridgehead atoms. The van der Waals surface area contributed by atoms with E-state index in [9.17, 15) is 19.4 Å². The van der Waals surface area contributed by atoms with E-state index in [1.165, 1.54) is 17.0 Å². The highest BCUT2D eigenvalue weighted by Gasteiger charge is 2.38. The van der Waals surface area contributed by atoms with E-state index in [1.54, 1.807) is 13.0 Å². The number of aliphatic hydroxyl groups is 1. The van der Waals surface area contributed by atoms with Crippen LogP contribution >= 0.6 is 0 Å². The molecule has 2 rings (SSSR count). The summed E-state index contributed by atoms with van der Waals surface area (Å²) >= 11 is 0. The van der Waals surface area contributed by atoms with Crippen LogP contribution in [0.5, 0.6) is 0 Å². The Labute approximate surface area is 105 Å². The molecule has 1 saturated heterocycles. The van der Waals surface area contributed by atoms with E-state index in [4.69, 9.17) is 0 Å². The molecule has 18 heavy (non-hydrogen) atoms. The van der Waals surface area contributed by atoms with Gasteiger partial charge in [-0.2, -0.15) is 0 Å². The average Bonchev–Trinajstić information content (AvgIpc) is 2.72. The van der Waals surface area contributed by atoms with Crippen LogP contribution in [0.25, 0.3) is 0 Å². The third-order valence-electron chi connectivity index (χ3n) is 3.55. The van der Waals surface area contributed by atoms with Crippen molar-refractivity contribution >= 4 is 6.09 Å². The molecule has 1 aromatic carbocycles. The predicted molar refractivity (Wildman–Crippen MR) is 63.8 cm³/mol. The zero-order valence-electron chi connectivity index (χ0n) is 10.1. The number of aryl methyl sites for hydroxylation is 1. The van der Waals surface area contributed by atoms with E-state index in [0.717, 1.165) is 5.56 Å². The topological polar surface area (TPSA) is 60.8 Å². The SMILES string of the molecule is Cc1cc(F)ccc1[C@@H]1[C@@H](CO)CCN1C(=O)O. The minimum atomic E-state index is -1.00. The number of amides is 1. The molecule has 1 amide bonds. The molecule has 5 heteroatoms. The van der Waals surface area contributed by atoms with Gasteiger partial charge in [-0.3, -0.25) is 0 Å². The molecule has 1 fully saturated rings. The Morgan fingerprint density at radius 1 is 1.56 bits per heavy atom. The summed E-state index contributed by atoms with van der Waals surface area (Å²) in [5.74, 6) is -0.457. The highest BCUT2D eigenvalue weighted by molar-refractivity contribution is 5.66. The van der Waals surface area contributed by atoms with E-state index in [-0.39, 0.29) is 24.4 Å². The van der Waals surface area contributed by atoms with Gasteiger partial charge in [0.2, 0.25) is 0 Å². The number of carboxylic acid groups (broad SMARTS) is 1. The molecule has 1 heterocycles. The van der Waals surface area contributed by atoms with E-state index in [1.807, 2.05) is 0 Å². The van der Waals surface area contributed by atoms with E-state index >= 15 is 0 Å². The van der Waals surface area contributed by atoms with Crippen molar-refractivity contribution in [3.05, 3.63) is 35.1 Å². The van der Waals surface area contributed by atoms with Crippen molar-refractivity contribution in [2.45, 2.75) is 19.4 Å². The molecule has 4 nitrogen and oxygen atoms in total. The maximum Gasteiger partial charge on any atom is 0.407 e. The van der Waals surface area contributed by atoms with Gasteiger partial charge in [-0.1, -0.05) is 6.07 Å². The summed E-state index contributed by atoms with van der Waals surface area (Å²) in [5, 5.41) is 18.5. The van der Waals surface area contributed by atoms with Crippen molar-refractivity contribution < 1.29 is 19.4 Å². The number of halogens is 1. The first-order valence-corrected chi connectivity index (χ1v) is 5.91. The lowest BCUT2D eigenvalue weighted by Gasteiger charge is -2.27. The number of nitrogens with zero attached hydrogens (tertiary/aromatic N) is 1. The Morgan fingerprint density at radius 3 is 2.83 bits per heavy atom. The number of carbonyl (C=O) groups is 1. The van der Waals surface area contributed by atoms with Gasteiger partial charge in [0, 0.05) is 19.1 Å². The van der Waals surface area contributed by atoms with Crippen molar-refractivity contribution in [1.82, 2.24) is 4.90 Å². The standard InChI is InChI=1S/C13H16FNO3/c1-8-6-10(14)2-3-11(8)12-9(7-16)4-5-15(12)13(17)18/h2-3,6,9,12,16H,4-5,7H2,1H3,(H,17,18)/t9-,12+/m1/s1. The van der Waals surface area contributed by atoms with Gasteiger partial charge in [-0.25, -0.2) is 9.18 Å². The Balaban J connectivity index is 2.40. The fraction of sp³-hybridized carbons (Fsp3) is 0.462. The third-order valence-corrected chi connectivity index (χ3v) is 3.55. The lowest BCUT2D eigenvalue weighted by molar-refractivity contribution is 0.124. The molecule has 0 unspecified atom stereocenters. The van der Waals surface area contributed by atoms with E-state index in [2.05, 4.69) is 0 Å². The van der Waals surface area contributed by atoms with Gasteiger partial charge in [-0.05, 0) is 36.6 Å². The first kappa shape index (κ1) is 12.8. The second-order valence-electron chi connectivity index (χ2n) is 4.65. The van der Waals surface area contributed by atoms with Crippen LogP contribution in [0.3, 0.4) is 0 Å². The van der Waals surface area contributed by atoms with Gasteiger partial charge in [0.1, 0.15) is 5.82 Å². The number of aliphatic hydroxyl groups excluding tert-OH is 1. The average molecular weight is 253 g/mol. The van der Waals surface area contributed by atoms with Crippen LogP contribution in [0.4, 0.5) is 9.18 Å². The highest BCUT2D eigenvalue weighted by Crippen LogP contribution is 2.38. The molecule has 0 radical (unpaired) electrons. The zero-order valence-corrected chi connectivity index (χ0v) is 10.1. The van der Waals surface area contributed by atoms with Crippen LogP contribution < -0.4 is 0 Å². The summed E-state index contributed by atoms with van der Waals surface area (Å²) in [6.45, 7) is 2.10. The minimum Gasteiger partial charge on any atom is -0.465 e. The second-order valence-corrected chi connectivity index (χ2v) is 4.65. The Bertz CT molecular complexity index is 464.